The van der Waals surface area contributed by atoms with Crippen molar-refractivity contribution in [1.82, 2.24) is 14.5 Å². The topological polar surface area (TPSA) is 92.5 Å². The summed E-state index contributed by atoms with van der Waals surface area (Å²) in [6.45, 7) is 2.78. The highest BCUT2D eigenvalue weighted by Gasteiger charge is 2.36. The summed E-state index contributed by atoms with van der Waals surface area (Å²) in [7, 11) is 0. The van der Waals surface area contributed by atoms with Gasteiger partial charge in [0.2, 0.25) is 5.91 Å². The molecular formula is C15H17N3O4S. The van der Waals surface area contributed by atoms with Crippen LogP contribution in [0, 0.1) is 11.8 Å². The van der Waals surface area contributed by atoms with Crippen LogP contribution in [0.3, 0.4) is 0 Å². The molecule has 0 saturated carbocycles. The number of likely N-dealkylation sites (tertiary alicyclic amines) is 1. The second kappa shape index (κ2) is 6.11. The van der Waals surface area contributed by atoms with Gasteiger partial charge >= 0.3 is 5.97 Å². The Morgan fingerprint density at radius 2 is 2.22 bits per heavy atom. The maximum Gasteiger partial charge on any atom is 0.308 e. The molecule has 1 aliphatic heterocycles. The molecule has 0 bridgehead atoms. The van der Waals surface area contributed by atoms with Crippen molar-refractivity contribution in [2.24, 2.45) is 11.8 Å². The molecule has 3 rings (SSSR count). The van der Waals surface area contributed by atoms with E-state index in [1.54, 1.807) is 11.0 Å². The molecule has 1 aliphatic rings. The number of amides is 1. The van der Waals surface area contributed by atoms with Gasteiger partial charge in [0, 0.05) is 26.1 Å². The van der Waals surface area contributed by atoms with Gasteiger partial charge in [0.1, 0.15) is 4.83 Å². The maximum atomic E-state index is 12.3. The lowest BCUT2D eigenvalue weighted by Gasteiger charge is -2.16. The number of aromatic nitrogens is 2. The van der Waals surface area contributed by atoms with Crippen molar-refractivity contribution in [1.29, 1.82) is 0 Å². The standard InChI is InChI=1S/C15H17N3O4S/c1-9-6-18(7-11(9)15(21)22)12(19)2-4-17-8-16-13-10(14(17)20)3-5-23-13/h3,5,8-9,11H,2,4,6-7H2,1H3,(H,21,22)/t9-,11-/m1/s1. The Morgan fingerprint density at radius 1 is 1.43 bits per heavy atom. The molecule has 3 heterocycles. The number of carboxylic acids is 1. The number of aliphatic carboxylic acids is 1. The maximum absolute atomic E-state index is 12.3. The van der Waals surface area contributed by atoms with Crippen LogP contribution < -0.4 is 5.56 Å². The van der Waals surface area contributed by atoms with Gasteiger partial charge in [-0.2, -0.15) is 0 Å². The first-order chi connectivity index (χ1) is 11.0. The van der Waals surface area contributed by atoms with Crippen molar-refractivity contribution in [2.75, 3.05) is 13.1 Å². The number of fused-ring (bicyclic) bond motifs is 1. The zero-order valence-corrected chi connectivity index (χ0v) is 13.5. The fraction of sp³-hybridized carbons (Fsp3) is 0.467. The lowest BCUT2D eigenvalue weighted by Crippen LogP contribution is -2.31. The van der Waals surface area contributed by atoms with Crippen LogP contribution in [-0.2, 0) is 16.1 Å². The summed E-state index contributed by atoms with van der Waals surface area (Å²) >= 11 is 1.40. The van der Waals surface area contributed by atoms with Crippen molar-refractivity contribution in [3.05, 3.63) is 28.1 Å². The molecule has 122 valence electrons. The molecular weight excluding hydrogens is 318 g/mol. The number of nitrogens with zero attached hydrogens (tertiary/aromatic N) is 3. The Labute approximate surface area is 136 Å². The number of carboxylic acid groups (broad SMARTS) is 1. The van der Waals surface area contributed by atoms with Crippen molar-refractivity contribution in [3.8, 4) is 0 Å². The lowest BCUT2D eigenvalue weighted by atomic mass is 9.99. The minimum absolute atomic E-state index is 0.0528. The highest BCUT2D eigenvalue weighted by Crippen LogP contribution is 2.23. The van der Waals surface area contributed by atoms with Gasteiger partial charge in [0.05, 0.1) is 17.6 Å². The van der Waals surface area contributed by atoms with Crippen molar-refractivity contribution < 1.29 is 14.7 Å². The third-order valence-corrected chi connectivity index (χ3v) is 5.12. The fourth-order valence-corrected chi connectivity index (χ4v) is 3.64. The van der Waals surface area contributed by atoms with Gasteiger partial charge in [-0.25, -0.2) is 4.98 Å². The van der Waals surface area contributed by atoms with Gasteiger partial charge in [-0.15, -0.1) is 11.3 Å². The van der Waals surface area contributed by atoms with Gasteiger partial charge < -0.3 is 10.0 Å². The zero-order chi connectivity index (χ0) is 16.6. The van der Waals surface area contributed by atoms with E-state index in [2.05, 4.69) is 4.98 Å². The fourth-order valence-electron chi connectivity index (χ4n) is 2.92. The SMILES string of the molecule is C[C@@H]1CN(C(=O)CCn2cnc3sccc3c2=O)C[C@H]1C(=O)O. The van der Waals surface area contributed by atoms with Gasteiger partial charge in [-0.3, -0.25) is 19.0 Å². The van der Waals surface area contributed by atoms with E-state index in [1.807, 2.05) is 12.3 Å². The molecule has 8 heteroatoms. The molecule has 1 fully saturated rings. The predicted molar refractivity (Wildman–Crippen MR) is 85.4 cm³/mol. The summed E-state index contributed by atoms with van der Waals surface area (Å²) in [5.74, 6) is -1.55. The summed E-state index contributed by atoms with van der Waals surface area (Å²) in [6, 6.07) is 1.73. The Bertz CT molecular complexity index is 812. The van der Waals surface area contributed by atoms with Crippen LogP contribution in [0.4, 0.5) is 0 Å². The number of rotatable bonds is 4. The van der Waals surface area contributed by atoms with E-state index in [0.29, 0.717) is 16.8 Å². The molecule has 0 unspecified atom stereocenters. The molecule has 1 amide bonds. The monoisotopic (exact) mass is 335 g/mol. The van der Waals surface area contributed by atoms with Gasteiger partial charge in [0.25, 0.3) is 5.56 Å². The first-order valence-electron chi connectivity index (χ1n) is 7.40. The third kappa shape index (κ3) is 2.98. The number of carbonyl (C=O) groups excluding carboxylic acids is 1. The number of hydrogen-bond donors (Lipinski definition) is 1. The first kappa shape index (κ1) is 15.7. The number of carbonyl (C=O) groups is 2. The normalized spacial score (nSPS) is 21.0. The average molecular weight is 335 g/mol. The van der Waals surface area contributed by atoms with Crippen molar-refractivity contribution >= 4 is 33.4 Å². The highest BCUT2D eigenvalue weighted by molar-refractivity contribution is 7.16. The van der Waals surface area contributed by atoms with Gasteiger partial charge in [0.15, 0.2) is 0 Å². The second-order valence-electron chi connectivity index (χ2n) is 5.85. The van der Waals surface area contributed by atoms with E-state index in [-0.39, 0.29) is 36.9 Å². The van der Waals surface area contributed by atoms with E-state index >= 15 is 0 Å². The summed E-state index contributed by atoms with van der Waals surface area (Å²) in [4.78, 5) is 42.1. The van der Waals surface area contributed by atoms with E-state index in [9.17, 15) is 14.4 Å². The highest BCUT2D eigenvalue weighted by atomic mass is 32.1. The minimum atomic E-state index is -0.865. The van der Waals surface area contributed by atoms with Crippen LogP contribution in [0.5, 0.6) is 0 Å². The van der Waals surface area contributed by atoms with Crippen molar-refractivity contribution in [2.45, 2.75) is 19.9 Å². The van der Waals surface area contributed by atoms with Gasteiger partial charge in [-0.1, -0.05) is 6.92 Å². The predicted octanol–water partition coefficient (Wildman–Crippen LogP) is 1.03. The van der Waals surface area contributed by atoms with Gasteiger partial charge in [-0.05, 0) is 17.4 Å². The summed E-state index contributed by atoms with van der Waals surface area (Å²) in [5, 5.41) is 11.5. The van der Waals surface area contributed by atoms with Crippen LogP contribution in [0.15, 0.2) is 22.6 Å². The van der Waals surface area contributed by atoms with E-state index in [0.717, 1.165) is 0 Å². The smallest absolute Gasteiger partial charge is 0.308 e. The molecule has 23 heavy (non-hydrogen) atoms. The molecule has 0 aromatic carbocycles. The molecule has 0 radical (unpaired) electrons. The lowest BCUT2D eigenvalue weighted by molar-refractivity contribution is -0.142. The van der Waals surface area contributed by atoms with E-state index < -0.39 is 11.9 Å². The molecule has 2 atom stereocenters. The molecule has 1 N–H and O–H groups in total. The second-order valence-corrected chi connectivity index (χ2v) is 6.75. The first-order valence-corrected chi connectivity index (χ1v) is 8.28. The van der Waals surface area contributed by atoms with E-state index in [4.69, 9.17) is 5.11 Å². The summed E-state index contributed by atoms with van der Waals surface area (Å²) in [5.41, 5.74) is -0.151. The quantitative estimate of drug-likeness (QED) is 0.901. The third-order valence-electron chi connectivity index (χ3n) is 4.30. The number of hydrogen-bond acceptors (Lipinski definition) is 5. The van der Waals surface area contributed by atoms with Crippen LogP contribution >= 0.6 is 11.3 Å². The Hall–Kier alpha value is -2.22. The molecule has 2 aromatic rings. The van der Waals surface area contributed by atoms with Crippen LogP contribution in [-0.4, -0.2) is 44.5 Å². The van der Waals surface area contributed by atoms with E-state index in [1.165, 1.54) is 22.2 Å². The zero-order valence-electron chi connectivity index (χ0n) is 12.6. The van der Waals surface area contributed by atoms with Crippen LogP contribution in [0.25, 0.3) is 10.2 Å². The largest absolute Gasteiger partial charge is 0.481 e. The minimum Gasteiger partial charge on any atom is -0.481 e. The molecule has 2 aromatic heterocycles. The Kier molecular flexibility index (Phi) is 4.16. The van der Waals surface area contributed by atoms with Crippen molar-refractivity contribution in [3.63, 3.8) is 0 Å². The molecule has 7 nitrogen and oxygen atoms in total. The van der Waals surface area contributed by atoms with Crippen LogP contribution in [0.1, 0.15) is 13.3 Å². The molecule has 0 spiro atoms. The summed E-state index contributed by atoms with van der Waals surface area (Å²) < 4.78 is 1.43. The Balaban J connectivity index is 1.66. The summed E-state index contributed by atoms with van der Waals surface area (Å²) in [6.07, 6.45) is 1.62. The van der Waals surface area contributed by atoms with Crippen LogP contribution in [0.2, 0.25) is 0 Å². The average Bonchev–Trinajstić information content (AvgIpc) is 3.13. The molecule has 1 saturated heterocycles. The molecule has 0 aliphatic carbocycles. The number of thiophene rings is 1. The Morgan fingerprint density at radius 3 is 2.91 bits per heavy atom. The number of aryl methyl sites for hydroxylation is 1.